The number of nitrogens with zero attached hydrogens (tertiary/aromatic N) is 3. The van der Waals surface area contributed by atoms with Crippen LogP contribution >= 0.6 is 0 Å². The van der Waals surface area contributed by atoms with E-state index in [4.69, 9.17) is 10.00 Å². The van der Waals surface area contributed by atoms with Crippen molar-refractivity contribution in [1.82, 2.24) is 9.97 Å². The highest BCUT2D eigenvalue weighted by Crippen LogP contribution is 2.20. The number of hydrogen-bond acceptors (Lipinski definition) is 6. The predicted octanol–water partition coefficient (Wildman–Crippen LogP) is 4.02. The van der Waals surface area contributed by atoms with Gasteiger partial charge in [0.25, 0.3) is 0 Å². The summed E-state index contributed by atoms with van der Waals surface area (Å²) in [5.74, 6) is 2.00. The van der Waals surface area contributed by atoms with Crippen LogP contribution in [0.1, 0.15) is 16.8 Å². The molecular weight excluding hydrogens is 326 g/mol. The fourth-order valence-corrected chi connectivity index (χ4v) is 2.55. The van der Waals surface area contributed by atoms with E-state index in [1.807, 2.05) is 49.4 Å². The molecule has 2 aromatic carbocycles. The minimum Gasteiger partial charge on any atom is -0.496 e. The van der Waals surface area contributed by atoms with Crippen LogP contribution in [0.2, 0.25) is 0 Å². The van der Waals surface area contributed by atoms with Crippen molar-refractivity contribution in [3.63, 3.8) is 0 Å². The second kappa shape index (κ2) is 7.99. The molecule has 0 bridgehead atoms. The van der Waals surface area contributed by atoms with Gasteiger partial charge in [0.2, 0.25) is 5.95 Å². The van der Waals surface area contributed by atoms with Crippen molar-refractivity contribution in [3.8, 4) is 11.8 Å². The monoisotopic (exact) mass is 345 g/mol. The smallest absolute Gasteiger partial charge is 0.225 e. The second-order valence-corrected chi connectivity index (χ2v) is 5.70. The number of methoxy groups -OCH3 is 1. The summed E-state index contributed by atoms with van der Waals surface area (Å²) < 4.78 is 5.36. The zero-order chi connectivity index (χ0) is 18.4. The zero-order valence-corrected chi connectivity index (χ0v) is 14.7. The van der Waals surface area contributed by atoms with Crippen LogP contribution in [-0.4, -0.2) is 17.1 Å². The summed E-state index contributed by atoms with van der Waals surface area (Å²) in [5.41, 5.74) is 3.26. The van der Waals surface area contributed by atoms with Gasteiger partial charge in [0.15, 0.2) is 0 Å². The lowest BCUT2D eigenvalue weighted by molar-refractivity contribution is 0.410. The van der Waals surface area contributed by atoms with E-state index in [0.29, 0.717) is 23.9 Å². The van der Waals surface area contributed by atoms with E-state index in [0.717, 1.165) is 22.7 Å². The van der Waals surface area contributed by atoms with Crippen LogP contribution in [-0.2, 0) is 6.54 Å². The van der Waals surface area contributed by atoms with Crippen molar-refractivity contribution >= 4 is 17.5 Å². The van der Waals surface area contributed by atoms with Crippen molar-refractivity contribution in [2.24, 2.45) is 0 Å². The Morgan fingerprint density at radius 2 is 1.92 bits per heavy atom. The topological polar surface area (TPSA) is 82.9 Å². The molecule has 0 unspecified atom stereocenters. The van der Waals surface area contributed by atoms with Crippen molar-refractivity contribution in [1.29, 1.82) is 5.26 Å². The van der Waals surface area contributed by atoms with E-state index >= 15 is 0 Å². The van der Waals surface area contributed by atoms with Gasteiger partial charge in [0.1, 0.15) is 11.6 Å². The molecule has 1 heterocycles. The van der Waals surface area contributed by atoms with Crippen LogP contribution < -0.4 is 15.4 Å². The zero-order valence-electron chi connectivity index (χ0n) is 14.7. The molecule has 2 N–H and O–H groups in total. The normalized spacial score (nSPS) is 10.0. The summed E-state index contributed by atoms with van der Waals surface area (Å²) >= 11 is 0. The number of rotatable bonds is 6. The average Bonchev–Trinajstić information content (AvgIpc) is 2.66. The van der Waals surface area contributed by atoms with Gasteiger partial charge in [-0.2, -0.15) is 10.2 Å². The Morgan fingerprint density at radius 3 is 2.73 bits per heavy atom. The van der Waals surface area contributed by atoms with Gasteiger partial charge in [-0.1, -0.05) is 24.3 Å². The van der Waals surface area contributed by atoms with Crippen molar-refractivity contribution in [2.75, 3.05) is 17.7 Å². The van der Waals surface area contributed by atoms with Gasteiger partial charge >= 0.3 is 0 Å². The van der Waals surface area contributed by atoms with Gasteiger partial charge in [-0.3, -0.25) is 0 Å². The average molecular weight is 345 g/mol. The third kappa shape index (κ3) is 4.28. The molecule has 3 rings (SSSR count). The molecule has 0 saturated carbocycles. The van der Waals surface area contributed by atoms with Crippen LogP contribution in [0.3, 0.4) is 0 Å². The lowest BCUT2D eigenvalue weighted by Gasteiger charge is -2.12. The molecule has 6 heteroatoms. The first-order valence-corrected chi connectivity index (χ1v) is 8.16. The third-order valence-corrected chi connectivity index (χ3v) is 3.75. The molecular formula is C20H19N5O. The Hall–Kier alpha value is -3.59. The standard InChI is InChI=1S/C20H19N5O/c1-14-10-19(24-17-8-5-6-15(11-17)12-21)25-20(23-14)22-13-16-7-3-4-9-18(16)26-2/h3-11H,13H2,1-2H3,(H2,22,23,24,25). The van der Waals surface area contributed by atoms with E-state index in [2.05, 4.69) is 26.7 Å². The first kappa shape index (κ1) is 17.2. The molecule has 1 aromatic heterocycles. The van der Waals surface area contributed by atoms with Crippen LogP contribution in [0.15, 0.2) is 54.6 Å². The number of ether oxygens (including phenoxy) is 1. The molecule has 0 amide bonds. The third-order valence-electron chi connectivity index (χ3n) is 3.75. The Labute approximate surface area is 152 Å². The summed E-state index contributed by atoms with van der Waals surface area (Å²) in [6, 6.07) is 19.1. The maximum absolute atomic E-state index is 9.01. The highest BCUT2D eigenvalue weighted by molar-refractivity contribution is 5.59. The first-order valence-electron chi connectivity index (χ1n) is 8.16. The molecule has 26 heavy (non-hydrogen) atoms. The Bertz CT molecular complexity index is 949. The summed E-state index contributed by atoms with van der Waals surface area (Å²) in [5, 5.41) is 15.5. The number of aryl methyl sites for hydroxylation is 1. The number of nitriles is 1. The fraction of sp³-hybridized carbons (Fsp3) is 0.150. The predicted molar refractivity (Wildman–Crippen MR) is 102 cm³/mol. The number of anilines is 3. The molecule has 0 aliphatic rings. The summed E-state index contributed by atoms with van der Waals surface area (Å²) in [4.78, 5) is 8.92. The molecule has 0 radical (unpaired) electrons. The summed E-state index contributed by atoms with van der Waals surface area (Å²) in [6.07, 6.45) is 0. The quantitative estimate of drug-likeness (QED) is 0.702. The van der Waals surface area contributed by atoms with Crippen molar-refractivity contribution < 1.29 is 4.74 Å². The molecule has 0 aliphatic heterocycles. The molecule has 3 aromatic rings. The molecule has 0 aliphatic carbocycles. The largest absolute Gasteiger partial charge is 0.496 e. The van der Waals surface area contributed by atoms with Crippen molar-refractivity contribution in [2.45, 2.75) is 13.5 Å². The van der Waals surface area contributed by atoms with Crippen LogP contribution in [0.4, 0.5) is 17.5 Å². The minimum absolute atomic E-state index is 0.523. The van der Waals surface area contributed by atoms with Gasteiger partial charge < -0.3 is 15.4 Å². The minimum atomic E-state index is 0.523. The molecule has 130 valence electrons. The Kier molecular flexibility index (Phi) is 5.30. The number of para-hydroxylation sites is 1. The highest BCUT2D eigenvalue weighted by atomic mass is 16.5. The van der Waals surface area contributed by atoms with Gasteiger partial charge in [-0.15, -0.1) is 0 Å². The molecule has 0 fully saturated rings. The van der Waals surface area contributed by atoms with Crippen molar-refractivity contribution in [3.05, 3.63) is 71.4 Å². The SMILES string of the molecule is COc1ccccc1CNc1nc(C)cc(Nc2cccc(C#N)c2)n1. The second-order valence-electron chi connectivity index (χ2n) is 5.70. The molecule has 0 spiro atoms. The fourth-order valence-electron chi connectivity index (χ4n) is 2.55. The maximum atomic E-state index is 9.01. The molecule has 0 atom stereocenters. The van der Waals surface area contributed by atoms with Gasteiger partial charge in [-0.25, -0.2) is 4.98 Å². The summed E-state index contributed by atoms with van der Waals surface area (Å²) in [6.45, 7) is 2.46. The molecule has 0 saturated heterocycles. The van der Waals surface area contributed by atoms with E-state index < -0.39 is 0 Å². The van der Waals surface area contributed by atoms with Gasteiger partial charge in [-0.05, 0) is 31.2 Å². The molecule has 6 nitrogen and oxygen atoms in total. The van der Waals surface area contributed by atoms with E-state index in [9.17, 15) is 0 Å². The van der Waals surface area contributed by atoms with Crippen LogP contribution in [0.25, 0.3) is 0 Å². The number of aromatic nitrogens is 2. The van der Waals surface area contributed by atoms with E-state index in [-0.39, 0.29) is 0 Å². The van der Waals surface area contributed by atoms with E-state index in [1.54, 1.807) is 19.2 Å². The lowest BCUT2D eigenvalue weighted by Crippen LogP contribution is -2.07. The number of nitrogens with one attached hydrogen (secondary N) is 2. The van der Waals surface area contributed by atoms with E-state index in [1.165, 1.54) is 0 Å². The Balaban J connectivity index is 1.76. The van der Waals surface area contributed by atoms with Gasteiger partial charge in [0, 0.05) is 29.6 Å². The van der Waals surface area contributed by atoms with Crippen LogP contribution in [0, 0.1) is 18.3 Å². The number of hydrogen-bond donors (Lipinski definition) is 2. The maximum Gasteiger partial charge on any atom is 0.225 e. The number of benzene rings is 2. The first-order chi connectivity index (χ1) is 12.7. The summed E-state index contributed by atoms with van der Waals surface area (Å²) in [7, 11) is 1.65. The lowest BCUT2D eigenvalue weighted by atomic mass is 10.2. The van der Waals surface area contributed by atoms with Gasteiger partial charge in [0.05, 0.1) is 18.7 Å². The highest BCUT2D eigenvalue weighted by Gasteiger charge is 2.06. The van der Waals surface area contributed by atoms with Crippen LogP contribution in [0.5, 0.6) is 5.75 Å². The Morgan fingerprint density at radius 1 is 1.08 bits per heavy atom.